The molecular weight excluding hydrogens is 404 g/mol. The summed E-state index contributed by atoms with van der Waals surface area (Å²) < 4.78 is 5.08. The Kier molecular flexibility index (Phi) is 7.24. The fraction of sp³-hybridized carbons (Fsp3) is 0.462. The third-order valence-electron chi connectivity index (χ3n) is 6.48. The number of amides is 1. The van der Waals surface area contributed by atoms with Crippen LogP contribution in [0.2, 0.25) is 0 Å². The molecule has 1 aliphatic rings. The van der Waals surface area contributed by atoms with Gasteiger partial charge >= 0.3 is 12.1 Å². The van der Waals surface area contributed by atoms with Crippen LogP contribution < -0.4 is 0 Å². The molecule has 0 radical (unpaired) electrons. The summed E-state index contributed by atoms with van der Waals surface area (Å²) in [4.78, 5) is 28.3. The van der Waals surface area contributed by atoms with Crippen molar-refractivity contribution >= 4 is 12.1 Å². The molecule has 0 aliphatic carbocycles. The van der Waals surface area contributed by atoms with Gasteiger partial charge in [0, 0.05) is 26.2 Å². The number of piperazine rings is 1. The SMILES string of the molecule is CCOC(=O)c1ccc(C[C@@]2(C(C)(C)C)CN(Cc3ccccc3)CCN2C(=O)O)cc1. The maximum absolute atomic E-state index is 12.3. The number of nitrogens with zero attached hydrogens (tertiary/aromatic N) is 2. The van der Waals surface area contributed by atoms with Gasteiger partial charge in [0.15, 0.2) is 0 Å². The lowest BCUT2D eigenvalue weighted by Gasteiger charge is -2.56. The molecule has 3 rings (SSSR count). The van der Waals surface area contributed by atoms with Crippen LogP contribution in [0.5, 0.6) is 0 Å². The smallest absolute Gasteiger partial charge is 0.407 e. The molecule has 2 aromatic rings. The molecule has 1 amide bonds. The Labute approximate surface area is 190 Å². The molecule has 1 heterocycles. The van der Waals surface area contributed by atoms with E-state index in [2.05, 4.69) is 37.8 Å². The fourth-order valence-corrected chi connectivity index (χ4v) is 4.61. The van der Waals surface area contributed by atoms with Crippen LogP contribution >= 0.6 is 0 Å². The minimum absolute atomic E-state index is 0.305. The molecular formula is C26H34N2O4. The molecule has 172 valence electrons. The predicted molar refractivity (Wildman–Crippen MR) is 125 cm³/mol. The van der Waals surface area contributed by atoms with Gasteiger partial charge in [-0.1, -0.05) is 63.2 Å². The number of benzene rings is 2. The van der Waals surface area contributed by atoms with Gasteiger partial charge in [-0.15, -0.1) is 0 Å². The lowest BCUT2D eigenvalue weighted by molar-refractivity contribution is -0.0576. The molecule has 1 atom stereocenters. The molecule has 0 aromatic heterocycles. The quantitative estimate of drug-likeness (QED) is 0.663. The van der Waals surface area contributed by atoms with Gasteiger partial charge in [0.2, 0.25) is 0 Å². The Hall–Kier alpha value is -2.86. The van der Waals surface area contributed by atoms with Crippen molar-refractivity contribution in [2.45, 2.75) is 46.2 Å². The molecule has 0 spiro atoms. The van der Waals surface area contributed by atoms with E-state index in [4.69, 9.17) is 4.74 Å². The van der Waals surface area contributed by atoms with Crippen LogP contribution in [0.4, 0.5) is 4.79 Å². The van der Waals surface area contributed by atoms with E-state index in [0.29, 0.717) is 38.2 Å². The van der Waals surface area contributed by atoms with E-state index >= 15 is 0 Å². The third kappa shape index (κ3) is 5.13. The van der Waals surface area contributed by atoms with Gasteiger partial charge in [0.05, 0.1) is 17.7 Å². The standard InChI is InChI=1S/C26H34N2O4/c1-5-32-23(29)22-13-11-20(12-14-22)17-26(25(2,3)4)19-27(15-16-28(26)24(30)31)18-21-9-7-6-8-10-21/h6-14H,5,15-19H2,1-4H3,(H,30,31)/t26-/m0/s1. The van der Waals surface area contributed by atoms with Crippen molar-refractivity contribution in [2.24, 2.45) is 5.41 Å². The number of carbonyl (C=O) groups is 2. The molecule has 0 saturated carbocycles. The summed E-state index contributed by atoms with van der Waals surface area (Å²) in [6, 6.07) is 17.6. The van der Waals surface area contributed by atoms with Crippen LogP contribution in [0.3, 0.4) is 0 Å². The summed E-state index contributed by atoms with van der Waals surface area (Å²) in [7, 11) is 0. The first-order chi connectivity index (χ1) is 15.2. The second-order valence-corrected chi connectivity index (χ2v) is 9.51. The highest BCUT2D eigenvalue weighted by atomic mass is 16.5. The largest absolute Gasteiger partial charge is 0.465 e. The van der Waals surface area contributed by atoms with Gasteiger partial charge < -0.3 is 9.84 Å². The van der Waals surface area contributed by atoms with Crippen molar-refractivity contribution in [1.82, 2.24) is 9.80 Å². The van der Waals surface area contributed by atoms with Gasteiger partial charge in [-0.2, -0.15) is 0 Å². The number of hydrogen-bond acceptors (Lipinski definition) is 4. The molecule has 1 saturated heterocycles. The second-order valence-electron chi connectivity index (χ2n) is 9.51. The predicted octanol–water partition coefficient (Wildman–Crippen LogP) is 4.69. The normalized spacial score (nSPS) is 19.6. The Morgan fingerprint density at radius 3 is 2.22 bits per heavy atom. The molecule has 0 unspecified atom stereocenters. The lowest BCUT2D eigenvalue weighted by Crippen LogP contribution is -2.69. The van der Waals surface area contributed by atoms with E-state index in [1.54, 1.807) is 24.0 Å². The summed E-state index contributed by atoms with van der Waals surface area (Å²) in [5.74, 6) is -0.344. The molecule has 1 N–H and O–H groups in total. The first-order valence-electron chi connectivity index (χ1n) is 11.2. The number of rotatable bonds is 6. The van der Waals surface area contributed by atoms with E-state index in [9.17, 15) is 14.7 Å². The number of carboxylic acid groups (broad SMARTS) is 1. The van der Waals surface area contributed by atoms with Crippen molar-refractivity contribution < 1.29 is 19.4 Å². The average molecular weight is 439 g/mol. The van der Waals surface area contributed by atoms with Crippen LogP contribution in [0.1, 0.15) is 49.2 Å². The second kappa shape index (κ2) is 9.74. The average Bonchev–Trinajstić information content (AvgIpc) is 2.74. The van der Waals surface area contributed by atoms with E-state index in [1.807, 2.05) is 30.3 Å². The first-order valence-corrected chi connectivity index (χ1v) is 11.2. The molecule has 1 fully saturated rings. The zero-order chi connectivity index (χ0) is 23.4. The molecule has 6 nitrogen and oxygen atoms in total. The maximum Gasteiger partial charge on any atom is 0.407 e. The molecule has 2 aromatic carbocycles. The number of ether oxygens (including phenoxy) is 1. The number of carbonyl (C=O) groups excluding carboxylic acids is 1. The number of esters is 1. The number of hydrogen-bond donors (Lipinski definition) is 1. The molecule has 32 heavy (non-hydrogen) atoms. The molecule has 0 bridgehead atoms. The van der Waals surface area contributed by atoms with Crippen LogP contribution in [0.15, 0.2) is 54.6 Å². The van der Waals surface area contributed by atoms with Gasteiger partial charge in [-0.3, -0.25) is 9.80 Å². The Morgan fingerprint density at radius 1 is 1.00 bits per heavy atom. The zero-order valence-corrected chi connectivity index (χ0v) is 19.5. The van der Waals surface area contributed by atoms with Crippen LogP contribution in [0.25, 0.3) is 0 Å². The van der Waals surface area contributed by atoms with Crippen molar-refractivity contribution in [3.63, 3.8) is 0 Å². The molecule has 1 aliphatic heterocycles. The maximum atomic E-state index is 12.3. The molecule has 6 heteroatoms. The van der Waals surface area contributed by atoms with Crippen molar-refractivity contribution in [1.29, 1.82) is 0 Å². The summed E-state index contributed by atoms with van der Waals surface area (Å²) in [6.07, 6.45) is -0.320. The third-order valence-corrected chi connectivity index (χ3v) is 6.48. The minimum Gasteiger partial charge on any atom is -0.465 e. The van der Waals surface area contributed by atoms with E-state index in [0.717, 1.165) is 12.1 Å². The van der Waals surface area contributed by atoms with Crippen molar-refractivity contribution in [2.75, 3.05) is 26.2 Å². The van der Waals surface area contributed by atoms with Crippen LogP contribution in [0, 0.1) is 5.41 Å². The zero-order valence-electron chi connectivity index (χ0n) is 19.5. The summed E-state index contributed by atoms with van der Waals surface area (Å²) >= 11 is 0. The highest BCUT2D eigenvalue weighted by Gasteiger charge is 2.51. The summed E-state index contributed by atoms with van der Waals surface area (Å²) in [5.41, 5.74) is 1.81. The van der Waals surface area contributed by atoms with Gasteiger partial charge in [0.1, 0.15) is 0 Å². The van der Waals surface area contributed by atoms with E-state index in [-0.39, 0.29) is 11.4 Å². The lowest BCUT2D eigenvalue weighted by atomic mass is 9.67. The monoisotopic (exact) mass is 438 g/mol. The Morgan fingerprint density at radius 2 is 1.66 bits per heavy atom. The Balaban J connectivity index is 1.91. The van der Waals surface area contributed by atoms with Crippen molar-refractivity contribution in [3.05, 3.63) is 71.3 Å². The first kappa shape index (κ1) is 23.8. The van der Waals surface area contributed by atoms with E-state index in [1.165, 1.54) is 5.56 Å². The van der Waals surface area contributed by atoms with Gasteiger partial charge in [-0.05, 0) is 42.0 Å². The highest BCUT2D eigenvalue weighted by molar-refractivity contribution is 5.89. The van der Waals surface area contributed by atoms with Crippen molar-refractivity contribution in [3.8, 4) is 0 Å². The highest BCUT2D eigenvalue weighted by Crippen LogP contribution is 2.41. The summed E-state index contributed by atoms with van der Waals surface area (Å²) in [6.45, 7) is 11.0. The van der Waals surface area contributed by atoms with Crippen LogP contribution in [-0.4, -0.2) is 58.7 Å². The van der Waals surface area contributed by atoms with Gasteiger partial charge in [-0.25, -0.2) is 9.59 Å². The van der Waals surface area contributed by atoms with E-state index < -0.39 is 11.6 Å². The topological polar surface area (TPSA) is 70.1 Å². The fourth-order valence-electron chi connectivity index (χ4n) is 4.61. The van der Waals surface area contributed by atoms with Gasteiger partial charge in [0.25, 0.3) is 0 Å². The van der Waals surface area contributed by atoms with Crippen LogP contribution in [-0.2, 0) is 17.7 Å². The Bertz CT molecular complexity index is 921. The minimum atomic E-state index is -0.887. The summed E-state index contributed by atoms with van der Waals surface area (Å²) in [5, 5.41) is 10.1.